The maximum Gasteiger partial charge on any atom is 0.419 e. The second kappa shape index (κ2) is 9.17. The fourth-order valence-corrected chi connectivity index (χ4v) is 4.15. The van der Waals surface area contributed by atoms with Crippen molar-refractivity contribution in [1.82, 2.24) is 19.5 Å². The molecule has 3 heterocycles. The lowest BCUT2D eigenvalue weighted by Crippen LogP contribution is -2.35. The van der Waals surface area contributed by atoms with E-state index in [4.69, 9.17) is 16.7 Å². The standard InChI is InChI=1S/C22H22F4N8/c23-16-3-2-14(10-15(16)22(24,25)26)17-11-34(7-1-6-27)20(32-17)13-4-8-33(9-5-13)21-18(28)19(29)30-12-31-21/h2-3,10-13H,1,4-5,7-9,28H2,(H2,29,30,31). The van der Waals surface area contributed by atoms with Gasteiger partial charge in [-0.05, 0) is 31.0 Å². The summed E-state index contributed by atoms with van der Waals surface area (Å²) >= 11 is 0. The third-order valence-electron chi connectivity index (χ3n) is 5.89. The minimum absolute atomic E-state index is 0.00614. The van der Waals surface area contributed by atoms with E-state index in [9.17, 15) is 17.6 Å². The van der Waals surface area contributed by atoms with E-state index in [2.05, 4.69) is 21.0 Å². The van der Waals surface area contributed by atoms with Gasteiger partial charge in [0.1, 0.15) is 23.7 Å². The average Bonchev–Trinajstić information content (AvgIpc) is 3.23. The topological polar surface area (TPSA) is 123 Å². The molecule has 1 fully saturated rings. The lowest BCUT2D eigenvalue weighted by molar-refractivity contribution is -0.139. The molecule has 2 aromatic heterocycles. The van der Waals surface area contributed by atoms with Gasteiger partial charge in [-0.3, -0.25) is 0 Å². The van der Waals surface area contributed by atoms with E-state index in [1.807, 2.05) is 4.90 Å². The third kappa shape index (κ3) is 4.59. The fraction of sp³-hybridized carbons (Fsp3) is 0.364. The Bertz CT molecular complexity index is 1220. The molecular weight excluding hydrogens is 452 g/mol. The van der Waals surface area contributed by atoms with Gasteiger partial charge in [0.25, 0.3) is 0 Å². The number of imidazole rings is 1. The maximum atomic E-state index is 13.7. The smallest absolute Gasteiger partial charge is 0.393 e. The molecule has 0 spiro atoms. The number of hydrogen-bond donors (Lipinski definition) is 2. The number of anilines is 3. The monoisotopic (exact) mass is 474 g/mol. The molecule has 1 aromatic carbocycles. The molecule has 0 amide bonds. The van der Waals surface area contributed by atoms with Crippen molar-refractivity contribution in [1.29, 1.82) is 5.26 Å². The molecular formula is C22H22F4N8. The first-order valence-corrected chi connectivity index (χ1v) is 10.6. The predicted molar refractivity (Wildman–Crippen MR) is 118 cm³/mol. The lowest BCUT2D eigenvalue weighted by atomic mass is 9.95. The van der Waals surface area contributed by atoms with E-state index in [1.54, 1.807) is 10.8 Å². The number of rotatable bonds is 5. The molecule has 0 atom stereocenters. The summed E-state index contributed by atoms with van der Waals surface area (Å²) in [5.74, 6) is 0.119. The quantitative estimate of drug-likeness (QED) is 0.537. The number of nitriles is 1. The van der Waals surface area contributed by atoms with Gasteiger partial charge in [0.15, 0.2) is 11.6 Å². The number of hydrogen-bond acceptors (Lipinski definition) is 7. The summed E-state index contributed by atoms with van der Waals surface area (Å²) in [5, 5.41) is 9.03. The van der Waals surface area contributed by atoms with Crippen molar-refractivity contribution in [2.75, 3.05) is 29.5 Å². The molecule has 8 nitrogen and oxygen atoms in total. The Hall–Kier alpha value is -3.88. The molecule has 1 aliphatic heterocycles. The van der Waals surface area contributed by atoms with E-state index >= 15 is 0 Å². The minimum Gasteiger partial charge on any atom is -0.393 e. The highest BCUT2D eigenvalue weighted by Crippen LogP contribution is 2.36. The van der Waals surface area contributed by atoms with E-state index in [-0.39, 0.29) is 23.7 Å². The van der Waals surface area contributed by atoms with Crippen LogP contribution in [0.4, 0.5) is 34.9 Å². The highest BCUT2D eigenvalue weighted by Gasteiger charge is 2.34. The zero-order chi connectivity index (χ0) is 24.5. The number of piperidine rings is 1. The van der Waals surface area contributed by atoms with Crippen molar-refractivity contribution >= 4 is 17.3 Å². The highest BCUT2D eigenvalue weighted by molar-refractivity contribution is 5.73. The van der Waals surface area contributed by atoms with Crippen LogP contribution in [0.2, 0.25) is 0 Å². The Morgan fingerprint density at radius 1 is 1.15 bits per heavy atom. The zero-order valence-electron chi connectivity index (χ0n) is 18.1. The summed E-state index contributed by atoms with van der Waals surface area (Å²) in [6.07, 6.45) is -0.254. The molecule has 4 rings (SSSR count). The van der Waals surface area contributed by atoms with Crippen LogP contribution in [0.15, 0.2) is 30.7 Å². The molecule has 0 aliphatic carbocycles. The van der Waals surface area contributed by atoms with Crippen molar-refractivity contribution < 1.29 is 17.6 Å². The summed E-state index contributed by atoms with van der Waals surface area (Å²) in [4.78, 5) is 14.7. The molecule has 4 N–H and O–H groups in total. The number of nitrogens with two attached hydrogens (primary N) is 2. The summed E-state index contributed by atoms with van der Waals surface area (Å²) in [6.45, 7) is 1.57. The number of halogens is 4. The van der Waals surface area contributed by atoms with Gasteiger partial charge >= 0.3 is 6.18 Å². The van der Waals surface area contributed by atoms with Crippen LogP contribution < -0.4 is 16.4 Å². The van der Waals surface area contributed by atoms with Crippen molar-refractivity contribution in [3.8, 4) is 17.3 Å². The summed E-state index contributed by atoms with van der Waals surface area (Å²) < 4.78 is 55.1. The van der Waals surface area contributed by atoms with Crippen LogP contribution in [0.1, 0.15) is 36.6 Å². The Labute approximate surface area is 192 Å². The van der Waals surface area contributed by atoms with Gasteiger partial charge in [-0.1, -0.05) is 0 Å². The van der Waals surface area contributed by atoms with Gasteiger partial charge in [0, 0.05) is 37.3 Å². The molecule has 12 heteroatoms. The first-order valence-electron chi connectivity index (χ1n) is 10.6. The molecule has 1 saturated heterocycles. The number of nitrogens with zero attached hydrogens (tertiary/aromatic N) is 6. The maximum absolute atomic E-state index is 13.7. The van der Waals surface area contributed by atoms with Gasteiger partial charge in [-0.2, -0.15) is 18.4 Å². The molecule has 0 bridgehead atoms. The van der Waals surface area contributed by atoms with Gasteiger partial charge in [-0.15, -0.1) is 0 Å². The van der Waals surface area contributed by atoms with E-state index in [1.165, 1.54) is 12.4 Å². The summed E-state index contributed by atoms with van der Waals surface area (Å²) in [6, 6.07) is 4.91. The number of aromatic nitrogens is 4. The molecule has 0 radical (unpaired) electrons. The first kappa shape index (κ1) is 23.3. The van der Waals surface area contributed by atoms with Crippen LogP contribution in [-0.2, 0) is 12.7 Å². The molecule has 34 heavy (non-hydrogen) atoms. The normalized spacial score (nSPS) is 14.9. The van der Waals surface area contributed by atoms with Gasteiger partial charge in [0.2, 0.25) is 0 Å². The third-order valence-corrected chi connectivity index (χ3v) is 5.89. The lowest BCUT2D eigenvalue weighted by Gasteiger charge is -2.33. The van der Waals surface area contributed by atoms with Crippen LogP contribution in [0.25, 0.3) is 11.3 Å². The molecule has 3 aromatic rings. The Kier molecular flexibility index (Phi) is 6.28. The number of nitrogen functional groups attached to an aromatic ring is 2. The van der Waals surface area contributed by atoms with Crippen molar-refractivity contribution in [2.45, 2.75) is 37.9 Å². The second-order valence-corrected chi connectivity index (χ2v) is 8.04. The highest BCUT2D eigenvalue weighted by atomic mass is 19.4. The van der Waals surface area contributed by atoms with Gasteiger partial charge in [0.05, 0.1) is 23.7 Å². The fourth-order valence-electron chi connectivity index (χ4n) is 4.15. The zero-order valence-corrected chi connectivity index (χ0v) is 18.1. The summed E-state index contributed by atoms with van der Waals surface area (Å²) in [7, 11) is 0. The molecule has 0 saturated carbocycles. The molecule has 1 aliphatic rings. The number of benzene rings is 1. The van der Waals surface area contributed by atoms with Gasteiger partial charge < -0.3 is 20.9 Å². The van der Waals surface area contributed by atoms with E-state index in [0.717, 1.165) is 12.1 Å². The Morgan fingerprint density at radius 2 is 1.88 bits per heavy atom. The molecule has 0 unspecified atom stereocenters. The van der Waals surface area contributed by atoms with Crippen molar-refractivity contribution in [3.05, 3.63) is 47.9 Å². The van der Waals surface area contributed by atoms with Gasteiger partial charge in [-0.25, -0.2) is 19.3 Å². The second-order valence-electron chi connectivity index (χ2n) is 8.04. The van der Waals surface area contributed by atoms with Crippen molar-refractivity contribution in [2.24, 2.45) is 0 Å². The first-order chi connectivity index (χ1) is 16.2. The van der Waals surface area contributed by atoms with Crippen LogP contribution in [-0.4, -0.2) is 32.6 Å². The summed E-state index contributed by atoms with van der Waals surface area (Å²) in [5.41, 5.74) is 11.2. The van der Waals surface area contributed by atoms with Crippen LogP contribution in [0, 0.1) is 17.1 Å². The van der Waals surface area contributed by atoms with Crippen molar-refractivity contribution in [3.63, 3.8) is 0 Å². The number of aryl methyl sites for hydroxylation is 1. The number of alkyl halides is 3. The minimum atomic E-state index is -4.81. The van der Waals surface area contributed by atoms with E-state index < -0.39 is 17.6 Å². The average molecular weight is 474 g/mol. The van der Waals surface area contributed by atoms with E-state index in [0.29, 0.717) is 55.5 Å². The largest absolute Gasteiger partial charge is 0.419 e. The predicted octanol–water partition coefficient (Wildman–Crippen LogP) is 3.96. The Morgan fingerprint density at radius 3 is 2.56 bits per heavy atom. The van der Waals surface area contributed by atoms with Crippen LogP contribution >= 0.6 is 0 Å². The Balaban J connectivity index is 1.60. The molecule has 178 valence electrons. The van der Waals surface area contributed by atoms with Crippen LogP contribution in [0.5, 0.6) is 0 Å². The van der Waals surface area contributed by atoms with Crippen LogP contribution in [0.3, 0.4) is 0 Å². The SMILES string of the molecule is N#CCCn1cc(-c2ccc(F)c(C(F)(F)F)c2)nc1C1CCN(c2ncnc(N)c2N)CC1.